The zero-order valence-corrected chi connectivity index (χ0v) is 8.66. The van der Waals surface area contributed by atoms with Crippen molar-refractivity contribution in [3.05, 3.63) is 35.5 Å². The summed E-state index contributed by atoms with van der Waals surface area (Å²) in [5, 5.41) is 1.16. The molecule has 2 heteroatoms. The van der Waals surface area contributed by atoms with Gasteiger partial charge in [-0.05, 0) is 43.2 Å². The van der Waals surface area contributed by atoms with E-state index in [-0.39, 0.29) is 0 Å². The van der Waals surface area contributed by atoms with Crippen LogP contribution in [0.15, 0.2) is 24.4 Å². The van der Waals surface area contributed by atoms with Crippen LogP contribution >= 0.6 is 0 Å². The molecule has 0 fully saturated rings. The lowest BCUT2D eigenvalue weighted by molar-refractivity contribution is 0.412. The van der Waals surface area contributed by atoms with Gasteiger partial charge < -0.3 is 4.74 Å². The van der Waals surface area contributed by atoms with Gasteiger partial charge in [-0.1, -0.05) is 0 Å². The van der Waals surface area contributed by atoms with E-state index < -0.39 is 0 Å². The van der Waals surface area contributed by atoms with Crippen molar-refractivity contribution in [1.29, 1.82) is 0 Å². The third kappa shape index (κ3) is 1.33. The van der Waals surface area contributed by atoms with Crippen LogP contribution in [0.5, 0.6) is 5.75 Å². The molecule has 0 N–H and O–H groups in total. The molecule has 1 aromatic carbocycles. The van der Waals surface area contributed by atoms with Crippen LogP contribution in [-0.4, -0.2) is 12.1 Å². The molecule has 72 valence electrons. The fourth-order valence-electron chi connectivity index (χ4n) is 1.63. The standard InChI is InChI=1S/C12H13NO/c1-8-4-5-13-11-6-9(2)12(14-3)7-10(8)11/h4-7H,1-3H3. The van der Waals surface area contributed by atoms with Crippen molar-refractivity contribution in [2.24, 2.45) is 0 Å². The zero-order chi connectivity index (χ0) is 10.1. The number of fused-ring (bicyclic) bond motifs is 1. The molecular formula is C12H13NO. The van der Waals surface area contributed by atoms with Gasteiger partial charge in [0.1, 0.15) is 5.75 Å². The lowest BCUT2D eigenvalue weighted by Crippen LogP contribution is -1.89. The van der Waals surface area contributed by atoms with Crippen molar-refractivity contribution in [2.45, 2.75) is 13.8 Å². The molecule has 0 aliphatic rings. The second-order valence-electron chi connectivity index (χ2n) is 3.47. The van der Waals surface area contributed by atoms with Crippen LogP contribution in [0, 0.1) is 13.8 Å². The van der Waals surface area contributed by atoms with E-state index in [4.69, 9.17) is 4.74 Å². The van der Waals surface area contributed by atoms with Gasteiger partial charge in [0.2, 0.25) is 0 Å². The Balaban J connectivity index is 2.80. The molecule has 0 saturated heterocycles. The highest BCUT2D eigenvalue weighted by molar-refractivity contribution is 5.84. The molecule has 0 unspecified atom stereocenters. The zero-order valence-electron chi connectivity index (χ0n) is 8.66. The topological polar surface area (TPSA) is 22.1 Å². The van der Waals surface area contributed by atoms with Gasteiger partial charge in [0.05, 0.1) is 12.6 Å². The molecule has 0 aliphatic carbocycles. The second-order valence-corrected chi connectivity index (χ2v) is 3.47. The Morgan fingerprint density at radius 3 is 2.64 bits per heavy atom. The van der Waals surface area contributed by atoms with Crippen LogP contribution in [0.25, 0.3) is 10.9 Å². The van der Waals surface area contributed by atoms with E-state index in [2.05, 4.69) is 18.0 Å². The van der Waals surface area contributed by atoms with Gasteiger partial charge in [-0.2, -0.15) is 0 Å². The molecule has 14 heavy (non-hydrogen) atoms. The fraction of sp³-hybridized carbons (Fsp3) is 0.250. The van der Waals surface area contributed by atoms with Gasteiger partial charge in [-0.15, -0.1) is 0 Å². The minimum Gasteiger partial charge on any atom is -0.496 e. The van der Waals surface area contributed by atoms with E-state index in [1.807, 2.05) is 25.3 Å². The fourth-order valence-corrected chi connectivity index (χ4v) is 1.63. The van der Waals surface area contributed by atoms with Crippen molar-refractivity contribution < 1.29 is 4.74 Å². The first-order valence-corrected chi connectivity index (χ1v) is 4.62. The smallest absolute Gasteiger partial charge is 0.122 e. The van der Waals surface area contributed by atoms with Crippen LogP contribution in [0.4, 0.5) is 0 Å². The summed E-state index contributed by atoms with van der Waals surface area (Å²) in [6.45, 7) is 4.11. The summed E-state index contributed by atoms with van der Waals surface area (Å²) in [6.07, 6.45) is 1.84. The van der Waals surface area contributed by atoms with Crippen LogP contribution in [0.1, 0.15) is 11.1 Å². The summed E-state index contributed by atoms with van der Waals surface area (Å²) in [5.74, 6) is 0.925. The minimum absolute atomic E-state index is 0.925. The minimum atomic E-state index is 0.925. The Kier molecular flexibility index (Phi) is 2.12. The van der Waals surface area contributed by atoms with Crippen molar-refractivity contribution in [3.8, 4) is 5.75 Å². The number of aryl methyl sites for hydroxylation is 2. The molecular weight excluding hydrogens is 174 g/mol. The Morgan fingerprint density at radius 2 is 1.93 bits per heavy atom. The summed E-state index contributed by atoms with van der Waals surface area (Å²) >= 11 is 0. The van der Waals surface area contributed by atoms with Gasteiger partial charge >= 0.3 is 0 Å². The van der Waals surface area contributed by atoms with Crippen molar-refractivity contribution >= 4 is 10.9 Å². The Hall–Kier alpha value is -1.57. The van der Waals surface area contributed by atoms with E-state index in [1.54, 1.807) is 7.11 Å². The molecule has 2 rings (SSSR count). The number of rotatable bonds is 1. The maximum Gasteiger partial charge on any atom is 0.122 e. The predicted octanol–water partition coefficient (Wildman–Crippen LogP) is 2.86. The van der Waals surface area contributed by atoms with Gasteiger partial charge in [0, 0.05) is 11.6 Å². The van der Waals surface area contributed by atoms with Crippen LogP contribution in [-0.2, 0) is 0 Å². The Morgan fingerprint density at radius 1 is 1.14 bits per heavy atom. The number of ether oxygens (including phenoxy) is 1. The molecule has 0 amide bonds. The highest BCUT2D eigenvalue weighted by atomic mass is 16.5. The van der Waals surface area contributed by atoms with Crippen LogP contribution in [0.3, 0.4) is 0 Å². The van der Waals surface area contributed by atoms with E-state index in [0.717, 1.165) is 22.2 Å². The normalized spacial score (nSPS) is 10.5. The number of methoxy groups -OCH3 is 1. The Bertz CT molecular complexity index is 477. The number of benzene rings is 1. The molecule has 0 radical (unpaired) electrons. The SMILES string of the molecule is COc1cc2c(C)ccnc2cc1C. The van der Waals surface area contributed by atoms with Crippen molar-refractivity contribution in [1.82, 2.24) is 4.98 Å². The quantitative estimate of drug-likeness (QED) is 0.684. The summed E-state index contributed by atoms with van der Waals surface area (Å²) in [5.41, 5.74) is 3.38. The first-order chi connectivity index (χ1) is 6.72. The molecule has 2 aromatic rings. The molecule has 2 nitrogen and oxygen atoms in total. The monoisotopic (exact) mass is 187 g/mol. The first-order valence-electron chi connectivity index (χ1n) is 4.62. The average Bonchev–Trinajstić information content (AvgIpc) is 2.17. The van der Waals surface area contributed by atoms with Gasteiger partial charge in [0.15, 0.2) is 0 Å². The molecule has 0 spiro atoms. The number of hydrogen-bond donors (Lipinski definition) is 0. The third-order valence-corrected chi connectivity index (χ3v) is 2.48. The van der Waals surface area contributed by atoms with E-state index in [0.29, 0.717) is 0 Å². The molecule has 1 heterocycles. The Labute approximate surface area is 83.5 Å². The molecule has 0 aliphatic heterocycles. The molecule has 0 bridgehead atoms. The summed E-state index contributed by atoms with van der Waals surface area (Å²) in [4.78, 5) is 4.32. The van der Waals surface area contributed by atoms with E-state index in [9.17, 15) is 0 Å². The molecule has 1 aromatic heterocycles. The number of pyridine rings is 1. The lowest BCUT2D eigenvalue weighted by Gasteiger charge is -2.07. The van der Waals surface area contributed by atoms with Crippen molar-refractivity contribution in [3.63, 3.8) is 0 Å². The maximum atomic E-state index is 5.28. The largest absolute Gasteiger partial charge is 0.496 e. The van der Waals surface area contributed by atoms with E-state index >= 15 is 0 Å². The van der Waals surface area contributed by atoms with Crippen LogP contribution in [0.2, 0.25) is 0 Å². The van der Waals surface area contributed by atoms with E-state index in [1.165, 1.54) is 5.56 Å². The average molecular weight is 187 g/mol. The maximum absolute atomic E-state index is 5.28. The van der Waals surface area contributed by atoms with Gasteiger partial charge in [0.25, 0.3) is 0 Å². The van der Waals surface area contributed by atoms with Crippen molar-refractivity contribution in [2.75, 3.05) is 7.11 Å². The number of nitrogens with zero attached hydrogens (tertiary/aromatic N) is 1. The highest BCUT2D eigenvalue weighted by Crippen LogP contribution is 2.25. The highest BCUT2D eigenvalue weighted by Gasteiger charge is 2.03. The third-order valence-electron chi connectivity index (χ3n) is 2.48. The number of aromatic nitrogens is 1. The summed E-state index contributed by atoms with van der Waals surface area (Å²) < 4.78 is 5.28. The number of hydrogen-bond acceptors (Lipinski definition) is 2. The second kappa shape index (κ2) is 3.29. The first kappa shape index (κ1) is 9.00. The molecule has 0 atom stereocenters. The summed E-state index contributed by atoms with van der Waals surface area (Å²) in [7, 11) is 1.69. The van der Waals surface area contributed by atoms with Gasteiger partial charge in [-0.3, -0.25) is 4.98 Å². The lowest BCUT2D eigenvalue weighted by atomic mass is 10.1. The summed E-state index contributed by atoms with van der Waals surface area (Å²) in [6, 6.07) is 6.12. The van der Waals surface area contributed by atoms with Crippen LogP contribution < -0.4 is 4.74 Å². The van der Waals surface area contributed by atoms with Gasteiger partial charge in [-0.25, -0.2) is 0 Å². The molecule has 0 saturated carbocycles. The predicted molar refractivity (Wildman–Crippen MR) is 57.8 cm³/mol.